The van der Waals surface area contributed by atoms with E-state index in [0.717, 1.165) is 131 Å². The van der Waals surface area contributed by atoms with Gasteiger partial charge in [-0.2, -0.15) is 0 Å². The molecule has 4 heterocycles. The van der Waals surface area contributed by atoms with Crippen molar-refractivity contribution in [1.82, 2.24) is 18.9 Å². The molecule has 12 heteroatoms. The van der Waals surface area contributed by atoms with Crippen molar-refractivity contribution in [2.24, 2.45) is 47.3 Å². The Bertz CT molecular complexity index is 3280. The van der Waals surface area contributed by atoms with E-state index in [1.54, 1.807) is 12.1 Å². The summed E-state index contributed by atoms with van der Waals surface area (Å²) in [4.78, 5) is 109. The van der Waals surface area contributed by atoms with Crippen molar-refractivity contribution < 1.29 is 19.2 Å². The van der Waals surface area contributed by atoms with Crippen LogP contribution in [0.1, 0.15) is 434 Å². The molecule has 0 bridgehead atoms. The van der Waals surface area contributed by atoms with E-state index >= 15 is 0 Å². The first-order valence-electron chi connectivity index (χ1n) is 47.0. The molecule has 3 aromatic rings. The number of imide groups is 2. The van der Waals surface area contributed by atoms with Crippen LogP contribution in [0.2, 0.25) is 0 Å². The van der Waals surface area contributed by atoms with Gasteiger partial charge in [-0.05, 0) is 164 Å². The Kier molecular flexibility index (Phi) is 42.3. The SMILES string of the molecule is CCCCCCCCC1C(CCCCCC)CCC(CCCCCCCCC(C)(C)n2c(=O)c3cc4c(=O)n(CCCCCCCCC5C(CCCCCCCCC(C)(CC)N6C(=O)C=CC6=O)CCC(CCCCCC)C5CCCCCCCC)c(=O)c4cc3c2=O)C1CCCCCCCCN1C(=O)C=CC1=O. The van der Waals surface area contributed by atoms with E-state index in [4.69, 9.17) is 0 Å². The van der Waals surface area contributed by atoms with E-state index in [0.29, 0.717) is 19.5 Å². The molecule has 2 aliphatic carbocycles. The summed E-state index contributed by atoms with van der Waals surface area (Å²) in [6.45, 7) is 18.3. The number of rotatable bonds is 63. The molecular weight excluding hydrogens is 1350 g/mol. The lowest BCUT2D eigenvalue weighted by Crippen LogP contribution is -2.49. The number of amides is 4. The molecule has 12 nitrogen and oxygen atoms in total. The summed E-state index contributed by atoms with van der Waals surface area (Å²) >= 11 is 0. The molecule has 7 rings (SSSR count). The Labute approximate surface area is 663 Å². The second kappa shape index (κ2) is 50.5. The van der Waals surface area contributed by atoms with Crippen molar-refractivity contribution in [3.63, 3.8) is 0 Å². The summed E-state index contributed by atoms with van der Waals surface area (Å²) in [5.74, 6) is 6.07. The maximum atomic E-state index is 14.3. The highest BCUT2D eigenvalue weighted by Gasteiger charge is 2.41. The van der Waals surface area contributed by atoms with E-state index in [1.165, 1.54) is 332 Å². The van der Waals surface area contributed by atoms with Crippen LogP contribution >= 0.6 is 0 Å². The van der Waals surface area contributed by atoms with Crippen molar-refractivity contribution in [3.8, 4) is 0 Å². The first-order chi connectivity index (χ1) is 52.9. The lowest BCUT2D eigenvalue weighted by Gasteiger charge is -2.44. The third kappa shape index (κ3) is 28.6. The molecule has 0 saturated heterocycles. The largest absolute Gasteiger partial charge is 0.275 e. The molecule has 2 aromatic heterocycles. The minimum atomic E-state index is -0.712. The number of hydrogen-bond acceptors (Lipinski definition) is 8. The molecule has 9 unspecified atom stereocenters. The van der Waals surface area contributed by atoms with Gasteiger partial charge in [-0.1, -0.05) is 330 Å². The Morgan fingerprint density at radius 2 is 0.560 bits per heavy atom. The highest BCUT2D eigenvalue weighted by molar-refractivity contribution is 6.14. The fraction of sp³-hybridized carbons (Fsp3) is 0.814. The molecule has 109 heavy (non-hydrogen) atoms. The van der Waals surface area contributed by atoms with Crippen LogP contribution in [0.4, 0.5) is 0 Å². The topological polar surface area (TPSA) is 153 Å². The second-order valence-electron chi connectivity index (χ2n) is 36.6. The molecule has 1 aromatic carbocycles. The predicted octanol–water partition coefficient (Wildman–Crippen LogP) is 25.3. The van der Waals surface area contributed by atoms with Crippen molar-refractivity contribution in [2.75, 3.05) is 6.54 Å². The molecule has 2 saturated carbocycles. The summed E-state index contributed by atoms with van der Waals surface area (Å²) in [6.07, 6.45) is 79.3. The molecule has 2 aliphatic heterocycles. The second-order valence-corrected chi connectivity index (χ2v) is 36.6. The number of aromatic nitrogens is 2. The number of carbonyl (C=O) groups is 4. The van der Waals surface area contributed by atoms with E-state index in [2.05, 4.69) is 41.5 Å². The van der Waals surface area contributed by atoms with Gasteiger partial charge in [0.2, 0.25) is 0 Å². The Hall–Kier alpha value is -4.74. The van der Waals surface area contributed by atoms with Gasteiger partial charge in [0.05, 0.1) is 21.5 Å². The van der Waals surface area contributed by atoms with E-state index < -0.39 is 11.1 Å². The maximum Gasteiger partial charge on any atom is 0.262 e. The van der Waals surface area contributed by atoms with Crippen LogP contribution in [-0.2, 0) is 31.3 Å². The van der Waals surface area contributed by atoms with Gasteiger partial charge >= 0.3 is 0 Å². The minimum Gasteiger partial charge on any atom is -0.275 e. The van der Waals surface area contributed by atoms with Crippen LogP contribution in [0.3, 0.4) is 0 Å². The molecule has 0 spiro atoms. The van der Waals surface area contributed by atoms with Gasteiger partial charge in [0.25, 0.3) is 45.9 Å². The van der Waals surface area contributed by atoms with Gasteiger partial charge in [0.15, 0.2) is 0 Å². The third-order valence-corrected chi connectivity index (χ3v) is 28.1. The average Bonchev–Trinajstić information content (AvgIpc) is 1.58. The number of benzene rings is 1. The maximum absolute atomic E-state index is 14.3. The number of nitrogens with zero attached hydrogens (tertiary/aromatic N) is 4. The summed E-state index contributed by atoms with van der Waals surface area (Å²) in [7, 11) is 0. The molecule has 9 atom stereocenters. The molecule has 4 aliphatic rings. The summed E-state index contributed by atoms with van der Waals surface area (Å²) in [5.41, 5.74) is -2.54. The summed E-state index contributed by atoms with van der Waals surface area (Å²) < 4.78 is 2.77. The van der Waals surface area contributed by atoms with Crippen molar-refractivity contribution in [3.05, 3.63) is 77.9 Å². The fourth-order valence-corrected chi connectivity index (χ4v) is 21.3. The predicted molar refractivity (Wildman–Crippen MR) is 458 cm³/mol. The zero-order valence-corrected chi connectivity index (χ0v) is 71.3. The molecule has 0 radical (unpaired) electrons. The lowest BCUT2D eigenvalue weighted by atomic mass is 9.61. The molecule has 616 valence electrons. The standard InChI is InChI=1S/C97H160N4O8/c1-9-14-18-22-34-46-58-80-76(54-42-20-16-11-3)62-64-78(82(80)60-48-36-26-30-40-52-72-98-88(102)66-67-89(98)103)56-44-32-24-28-38-50-70-96(6,7)101-94(108)86-74-84-85(75-87(86)95(101)109)93(107)99(92(84)106)73-53-41-31-27-37-49-61-83-79(65-63-77(55-43-21-17-12-4)81(83)59-47-35-23-19-15-10-2)57-45-33-25-29-39-51-71-97(8,13-5)100-90(104)68-69-91(100)105/h66-69,74-83H,9-65,70-73H2,1-8H3. The van der Waals surface area contributed by atoms with Crippen LogP contribution in [0, 0.1) is 47.3 Å². The van der Waals surface area contributed by atoms with E-state index in [-0.39, 0.29) is 67.4 Å². The number of carbonyl (C=O) groups excluding carboxylic acids is 4. The first kappa shape index (κ1) is 91.4. The quantitative estimate of drug-likeness (QED) is 0.0400. The first-order valence-corrected chi connectivity index (χ1v) is 47.0. The van der Waals surface area contributed by atoms with E-state index in [9.17, 15) is 38.4 Å². The van der Waals surface area contributed by atoms with Gasteiger partial charge in [-0.15, -0.1) is 0 Å². The normalized spacial score (nSPS) is 21.1. The van der Waals surface area contributed by atoms with E-state index in [1.807, 2.05) is 13.8 Å². The van der Waals surface area contributed by atoms with Crippen LogP contribution in [0.15, 0.2) is 55.6 Å². The Morgan fingerprint density at radius 1 is 0.294 bits per heavy atom. The fourth-order valence-electron chi connectivity index (χ4n) is 21.3. The van der Waals surface area contributed by atoms with Crippen molar-refractivity contribution in [2.45, 2.75) is 452 Å². The molecule has 0 N–H and O–H groups in total. The zero-order valence-electron chi connectivity index (χ0n) is 71.3. The van der Waals surface area contributed by atoms with Gasteiger partial charge in [0.1, 0.15) is 0 Å². The van der Waals surface area contributed by atoms with Crippen molar-refractivity contribution in [1.29, 1.82) is 0 Å². The highest BCUT2D eigenvalue weighted by atomic mass is 16.2. The highest BCUT2D eigenvalue weighted by Crippen LogP contribution is 2.50. The van der Waals surface area contributed by atoms with Gasteiger partial charge in [-0.25, -0.2) is 0 Å². The van der Waals surface area contributed by atoms with Crippen LogP contribution in [0.5, 0.6) is 0 Å². The van der Waals surface area contributed by atoms with Crippen LogP contribution in [-0.4, -0.2) is 54.6 Å². The monoisotopic (exact) mass is 1510 g/mol. The number of fused-ring (bicyclic) bond motifs is 2. The Balaban J connectivity index is 0.857. The van der Waals surface area contributed by atoms with Gasteiger partial charge in [-0.3, -0.25) is 57.3 Å². The van der Waals surface area contributed by atoms with Crippen LogP contribution < -0.4 is 22.2 Å². The molecule has 4 amide bonds. The zero-order chi connectivity index (χ0) is 78.2. The Morgan fingerprint density at radius 3 is 0.899 bits per heavy atom. The average molecular weight is 1510 g/mol. The minimum absolute atomic E-state index is 0.165. The number of hydrogen-bond donors (Lipinski definition) is 0. The van der Waals surface area contributed by atoms with Gasteiger partial charge < -0.3 is 0 Å². The summed E-state index contributed by atoms with van der Waals surface area (Å²) in [5, 5.41) is 0.995. The van der Waals surface area contributed by atoms with Crippen LogP contribution in [0.25, 0.3) is 21.5 Å². The molecular formula is C97H160N4O8. The lowest BCUT2D eigenvalue weighted by molar-refractivity contribution is -0.144. The smallest absolute Gasteiger partial charge is 0.262 e. The summed E-state index contributed by atoms with van der Waals surface area (Å²) in [6, 6.07) is 3.10. The number of unbranched alkanes of at least 4 members (excludes halogenated alkanes) is 36. The third-order valence-electron chi connectivity index (χ3n) is 28.1. The van der Waals surface area contributed by atoms with Crippen molar-refractivity contribution >= 4 is 45.2 Å². The molecule has 2 fully saturated rings. The van der Waals surface area contributed by atoms with Gasteiger partial charge in [0, 0.05) is 48.5 Å².